The Morgan fingerprint density at radius 3 is 2.67 bits per heavy atom. The molecule has 1 unspecified atom stereocenters. The lowest BCUT2D eigenvalue weighted by atomic mass is 9.91. The molecule has 0 N–H and O–H groups in total. The van der Waals surface area contributed by atoms with Crippen LogP contribution in [0.4, 0.5) is 8.78 Å². The predicted octanol–water partition coefficient (Wildman–Crippen LogP) is 3.95. The lowest BCUT2D eigenvalue weighted by molar-refractivity contribution is 0.475. The van der Waals surface area contributed by atoms with Crippen molar-refractivity contribution in [2.24, 2.45) is 5.92 Å². The molecule has 1 saturated carbocycles. The van der Waals surface area contributed by atoms with Crippen LogP contribution in [0.15, 0.2) is 17.0 Å². The molecule has 2 aliphatic rings. The molecule has 3 rings (SSSR count). The Hall–Kier alpha value is -0.570. The Kier molecular flexibility index (Phi) is 2.23. The monoisotopic (exact) mass is 226 g/mol. The largest absolute Gasteiger partial charge is 0.204 e. The molecular weight excluding hydrogens is 214 g/mol. The van der Waals surface area contributed by atoms with Crippen LogP contribution in [-0.2, 0) is 0 Å². The number of fused-ring (bicyclic) bond motifs is 1. The summed E-state index contributed by atoms with van der Waals surface area (Å²) >= 11 is 1.46. The van der Waals surface area contributed by atoms with Gasteiger partial charge in [0.25, 0.3) is 0 Å². The van der Waals surface area contributed by atoms with E-state index in [4.69, 9.17) is 0 Å². The molecule has 3 heteroatoms. The number of hydrogen-bond donors (Lipinski definition) is 0. The van der Waals surface area contributed by atoms with E-state index in [-0.39, 0.29) is 0 Å². The molecule has 15 heavy (non-hydrogen) atoms. The SMILES string of the molecule is Fc1ccc2c(c1F)SCCC2C1CC1. The molecule has 0 aromatic heterocycles. The summed E-state index contributed by atoms with van der Waals surface area (Å²) in [5.41, 5.74) is 1.05. The smallest absolute Gasteiger partial charge is 0.172 e. The van der Waals surface area contributed by atoms with E-state index in [2.05, 4.69) is 0 Å². The first kappa shape index (κ1) is 9.64. The van der Waals surface area contributed by atoms with Crippen LogP contribution in [0, 0.1) is 17.6 Å². The molecule has 1 aromatic rings. The third-order valence-electron chi connectivity index (χ3n) is 3.35. The van der Waals surface area contributed by atoms with Gasteiger partial charge in [-0.1, -0.05) is 6.07 Å². The first-order chi connectivity index (χ1) is 7.27. The van der Waals surface area contributed by atoms with Gasteiger partial charge in [-0.05, 0) is 48.5 Å². The van der Waals surface area contributed by atoms with E-state index in [1.54, 1.807) is 6.07 Å². The fourth-order valence-corrected chi connectivity index (χ4v) is 3.60. The summed E-state index contributed by atoms with van der Waals surface area (Å²) in [4.78, 5) is 0.568. The summed E-state index contributed by atoms with van der Waals surface area (Å²) in [7, 11) is 0. The van der Waals surface area contributed by atoms with Crippen molar-refractivity contribution in [3.63, 3.8) is 0 Å². The molecule has 0 radical (unpaired) electrons. The standard InChI is InChI=1S/C12H12F2S/c13-10-4-3-9-8(7-1-2-7)5-6-15-12(9)11(10)14/h3-4,7-8H,1-2,5-6H2. The second-order valence-electron chi connectivity index (χ2n) is 4.36. The third kappa shape index (κ3) is 1.57. The average molecular weight is 226 g/mol. The molecule has 0 amide bonds. The van der Waals surface area contributed by atoms with Crippen molar-refractivity contribution in [3.8, 4) is 0 Å². The minimum absolute atomic E-state index is 0.483. The summed E-state index contributed by atoms with van der Waals surface area (Å²) in [6.45, 7) is 0. The third-order valence-corrected chi connectivity index (χ3v) is 4.49. The van der Waals surface area contributed by atoms with Gasteiger partial charge in [0.1, 0.15) is 0 Å². The van der Waals surface area contributed by atoms with Crippen LogP contribution in [0.5, 0.6) is 0 Å². The number of hydrogen-bond acceptors (Lipinski definition) is 1. The van der Waals surface area contributed by atoms with Crippen molar-refractivity contribution < 1.29 is 8.78 Å². The molecule has 1 aromatic carbocycles. The molecule has 0 nitrogen and oxygen atoms in total. The second-order valence-corrected chi connectivity index (χ2v) is 5.47. The van der Waals surface area contributed by atoms with Crippen molar-refractivity contribution >= 4 is 11.8 Å². The van der Waals surface area contributed by atoms with Crippen LogP contribution in [-0.4, -0.2) is 5.75 Å². The molecule has 0 spiro atoms. The van der Waals surface area contributed by atoms with Gasteiger partial charge in [-0.15, -0.1) is 11.8 Å². The van der Waals surface area contributed by atoms with Crippen LogP contribution in [0.25, 0.3) is 0 Å². The van der Waals surface area contributed by atoms with Gasteiger partial charge in [-0.2, -0.15) is 0 Å². The molecule has 0 saturated heterocycles. The van der Waals surface area contributed by atoms with Crippen molar-refractivity contribution in [1.82, 2.24) is 0 Å². The fourth-order valence-electron chi connectivity index (χ4n) is 2.42. The van der Waals surface area contributed by atoms with Crippen molar-refractivity contribution in [1.29, 1.82) is 0 Å². The van der Waals surface area contributed by atoms with Gasteiger partial charge in [0, 0.05) is 4.90 Å². The first-order valence-electron chi connectivity index (χ1n) is 5.38. The molecular formula is C12H12F2S. The van der Waals surface area contributed by atoms with Gasteiger partial charge >= 0.3 is 0 Å². The first-order valence-corrected chi connectivity index (χ1v) is 6.36. The molecule has 1 aliphatic heterocycles. The van der Waals surface area contributed by atoms with Crippen molar-refractivity contribution in [3.05, 3.63) is 29.3 Å². The van der Waals surface area contributed by atoms with E-state index < -0.39 is 11.6 Å². The highest BCUT2D eigenvalue weighted by molar-refractivity contribution is 7.99. The highest BCUT2D eigenvalue weighted by atomic mass is 32.2. The molecule has 1 aliphatic carbocycles. The maximum absolute atomic E-state index is 13.5. The number of halogens is 2. The Labute approximate surface area is 92.1 Å². The number of benzene rings is 1. The average Bonchev–Trinajstić information content (AvgIpc) is 3.07. The van der Waals surface area contributed by atoms with Crippen molar-refractivity contribution in [2.75, 3.05) is 5.75 Å². The second kappa shape index (κ2) is 3.48. The lowest BCUT2D eigenvalue weighted by Crippen LogP contribution is -2.11. The zero-order valence-corrected chi connectivity index (χ0v) is 9.12. The minimum Gasteiger partial charge on any atom is -0.204 e. The van der Waals surface area contributed by atoms with Crippen LogP contribution in [0.3, 0.4) is 0 Å². The summed E-state index contributed by atoms with van der Waals surface area (Å²) in [6, 6.07) is 3.05. The fraction of sp³-hybridized carbons (Fsp3) is 0.500. The Morgan fingerprint density at radius 1 is 1.13 bits per heavy atom. The molecule has 1 atom stereocenters. The minimum atomic E-state index is -0.710. The van der Waals surface area contributed by atoms with Gasteiger partial charge in [0.05, 0.1) is 0 Å². The van der Waals surface area contributed by atoms with Crippen LogP contribution < -0.4 is 0 Å². The molecule has 0 bridgehead atoms. The highest BCUT2D eigenvalue weighted by Crippen LogP contribution is 2.50. The molecule has 80 valence electrons. The van der Waals surface area contributed by atoms with Crippen LogP contribution >= 0.6 is 11.8 Å². The van der Waals surface area contributed by atoms with Gasteiger partial charge in [-0.3, -0.25) is 0 Å². The normalized spacial score (nSPS) is 25.1. The lowest BCUT2D eigenvalue weighted by Gasteiger charge is -2.25. The van der Waals surface area contributed by atoms with E-state index in [1.807, 2.05) is 0 Å². The Morgan fingerprint density at radius 2 is 1.93 bits per heavy atom. The van der Waals surface area contributed by atoms with Crippen LogP contribution in [0.2, 0.25) is 0 Å². The van der Waals surface area contributed by atoms with Gasteiger partial charge < -0.3 is 0 Å². The molecule has 1 heterocycles. The van der Waals surface area contributed by atoms with E-state index in [1.165, 1.54) is 30.7 Å². The van der Waals surface area contributed by atoms with E-state index in [0.717, 1.165) is 23.7 Å². The maximum Gasteiger partial charge on any atom is 0.172 e. The van der Waals surface area contributed by atoms with E-state index in [0.29, 0.717) is 10.8 Å². The van der Waals surface area contributed by atoms with Crippen molar-refractivity contribution in [2.45, 2.75) is 30.1 Å². The van der Waals surface area contributed by atoms with E-state index in [9.17, 15) is 8.78 Å². The maximum atomic E-state index is 13.5. The Bertz CT molecular complexity index is 399. The summed E-state index contributed by atoms with van der Waals surface area (Å²) < 4.78 is 26.6. The summed E-state index contributed by atoms with van der Waals surface area (Å²) in [5, 5.41) is 0. The zero-order valence-electron chi connectivity index (χ0n) is 8.30. The Balaban J connectivity index is 2.07. The number of rotatable bonds is 1. The quantitative estimate of drug-likeness (QED) is 0.698. The number of thioether (sulfide) groups is 1. The van der Waals surface area contributed by atoms with Gasteiger partial charge in [-0.25, -0.2) is 8.78 Å². The molecule has 1 fully saturated rings. The van der Waals surface area contributed by atoms with Gasteiger partial charge in [0.15, 0.2) is 11.6 Å². The predicted molar refractivity (Wildman–Crippen MR) is 57.2 cm³/mol. The highest BCUT2D eigenvalue weighted by Gasteiger charge is 2.36. The van der Waals surface area contributed by atoms with Crippen LogP contribution in [0.1, 0.15) is 30.7 Å². The topological polar surface area (TPSA) is 0 Å². The van der Waals surface area contributed by atoms with E-state index >= 15 is 0 Å². The zero-order chi connectivity index (χ0) is 10.4. The summed E-state index contributed by atoms with van der Waals surface area (Å²) in [6.07, 6.45) is 3.63. The van der Waals surface area contributed by atoms with Gasteiger partial charge in [0.2, 0.25) is 0 Å². The summed E-state index contributed by atoms with van der Waals surface area (Å²) in [5.74, 6) is 0.792.